The van der Waals surface area contributed by atoms with Crippen LogP contribution in [0.15, 0.2) is 29.7 Å². The van der Waals surface area contributed by atoms with Crippen LogP contribution in [-0.4, -0.2) is 37.1 Å². The smallest absolute Gasteiger partial charge is 0.330 e. The molecule has 0 atom stereocenters. The summed E-state index contributed by atoms with van der Waals surface area (Å²) in [5.74, 6) is 0.269. The third-order valence-corrected chi connectivity index (χ3v) is 5.40. The lowest BCUT2D eigenvalue weighted by atomic mass is 9.96. The average Bonchev–Trinajstić information content (AvgIpc) is 3.37. The molecule has 0 bridgehead atoms. The summed E-state index contributed by atoms with van der Waals surface area (Å²) in [5, 5.41) is 0. The molecule has 0 spiro atoms. The van der Waals surface area contributed by atoms with Gasteiger partial charge < -0.3 is 4.57 Å². The fraction of sp³-hybridized carbons (Fsp3) is 0.611. The Hall–Kier alpha value is -2.16. The van der Waals surface area contributed by atoms with Crippen molar-refractivity contribution >= 4 is 0 Å². The summed E-state index contributed by atoms with van der Waals surface area (Å²) in [7, 11) is 0. The molecule has 9 heteroatoms. The molecule has 0 radical (unpaired) electrons. The molecule has 0 unspecified atom stereocenters. The lowest BCUT2D eigenvalue weighted by molar-refractivity contribution is -0.141. The van der Waals surface area contributed by atoms with Gasteiger partial charge in [-0.2, -0.15) is 13.2 Å². The van der Waals surface area contributed by atoms with Crippen LogP contribution in [0.5, 0.6) is 0 Å². The van der Waals surface area contributed by atoms with E-state index in [2.05, 4.69) is 19.4 Å². The van der Waals surface area contributed by atoms with E-state index in [0.717, 1.165) is 38.8 Å². The molecule has 0 aromatic carbocycles. The number of halogens is 3. The van der Waals surface area contributed by atoms with E-state index >= 15 is 0 Å². The summed E-state index contributed by atoms with van der Waals surface area (Å²) in [6, 6.07) is 1.19. The number of hydrogen-bond acceptors (Lipinski definition) is 4. The number of nitrogens with zero attached hydrogens (tertiary/aromatic N) is 5. The SMILES string of the molecule is O=c1cc(C(F)(F)F)ncn1CC1CCN(Cc2cncn2C2CC2)CC1. The minimum Gasteiger partial charge on any atom is -0.330 e. The quantitative estimate of drug-likeness (QED) is 0.799. The van der Waals surface area contributed by atoms with Crippen molar-refractivity contribution in [1.82, 2.24) is 24.0 Å². The summed E-state index contributed by atoms with van der Waals surface area (Å²) < 4.78 is 41.4. The predicted molar refractivity (Wildman–Crippen MR) is 92.0 cm³/mol. The second-order valence-electron chi connectivity index (χ2n) is 7.51. The van der Waals surface area contributed by atoms with E-state index in [1.54, 1.807) is 0 Å². The normalized spacial score (nSPS) is 19.5. The number of imidazole rings is 1. The first-order valence-corrected chi connectivity index (χ1v) is 9.27. The van der Waals surface area contributed by atoms with Crippen LogP contribution in [0.4, 0.5) is 13.2 Å². The van der Waals surface area contributed by atoms with E-state index in [9.17, 15) is 18.0 Å². The zero-order chi connectivity index (χ0) is 19.0. The minimum absolute atomic E-state index is 0.269. The first kappa shape index (κ1) is 18.2. The maximum Gasteiger partial charge on any atom is 0.433 e. The van der Waals surface area contributed by atoms with Crippen molar-refractivity contribution in [2.24, 2.45) is 5.92 Å². The van der Waals surface area contributed by atoms with E-state index in [4.69, 9.17) is 0 Å². The van der Waals surface area contributed by atoms with Gasteiger partial charge in [-0.15, -0.1) is 0 Å². The number of hydrogen-bond donors (Lipinski definition) is 0. The lowest BCUT2D eigenvalue weighted by Gasteiger charge is -2.32. The van der Waals surface area contributed by atoms with Crippen LogP contribution in [0.25, 0.3) is 0 Å². The van der Waals surface area contributed by atoms with Crippen LogP contribution in [0, 0.1) is 5.92 Å². The topological polar surface area (TPSA) is 56.0 Å². The Labute approximate surface area is 154 Å². The number of aromatic nitrogens is 4. The Kier molecular flexibility index (Phi) is 4.79. The second kappa shape index (κ2) is 7.10. The summed E-state index contributed by atoms with van der Waals surface area (Å²) in [6.45, 7) is 3.09. The molecule has 2 aromatic heterocycles. The van der Waals surface area contributed by atoms with Gasteiger partial charge in [0.05, 0.1) is 18.3 Å². The molecule has 6 nitrogen and oxygen atoms in total. The van der Waals surface area contributed by atoms with Crippen molar-refractivity contribution in [2.45, 2.75) is 51.0 Å². The average molecular weight is 381 g/mol. The van der Waals surface area contributed by atoms with Gasteiger partial charge in [-0.3, -0.25) is 14.3 Å². The number of piperidine rings is 1. The molecule has 27 heavy (non-hydrogen) atoms. The standard InChI is InChI=1S/C18H22F3N5O/c19-18(20,21)16-7-17(27)25(12-23-16)9-13-3-5-24(6-4-13)10-15-8-22-11-26(15)14-1-2-14/h7-8,11-14H,1-6,9-10H2. The van der Waals surface area contributed by atoms with Crippen molar-refractivity contribution in [3.8, 4) is 0 Å². The first-order valence-electron chi connectivity index (χ1n) is 9.27. The van der Waals surface area contributed by atoms with E-state index in [0.29, 0.717) is 18.7 Å². The molecule has 0 N–H and O–H groups in total. The Morgan fingerprint density at radius 3 is 2.48 bits per heavy atom. The van der Waals surface area contributed by atoms with Crippen LogP contribution >= 0.6 is 0 Å². The second-order valence-corrected chi connectivity index (χ2v) is 7.51. The Balaban J connectivity index is 1.32. The molecule has 1 aliphatic carbocycles. The highest BCUT2D eigenvalue weighted by Gasteiger charge is 2.33. The van der Waals surface area contributed by atoms with Crippen molar-refractivity contribution in [3.63, 3.8) is 0 Å². The van der Waals surface area contributed by atoms with Gasteiger partial charge >= 0.3 is 6.18 Å². The highest BCUT2D eigenvalue weighted by Crippen LogP contribution is 2.36. The fourth-order valence-electron chi connectivity index (χ4n) is 3.69. The van der Waals surface area contributed by atoms with Gasteiger partial charge in [0.2, 0.25) is 0 Å². The molecular weight excluding hydrogens is 359 g/mol. The third kappa shape index (κ3) is 4.23. The molecule has 4 rings (SSSR count). The Morgan fingerprint density at radius 2 is 1.85 bits per heavy atom. The molecular formula is C18H22F3N5O. The molecule has 2 aromatic rings. The number of likely N-dealkylation sites (tertiary alicyclic amines) is 1. The van der Waals surface area contributed by atoms with Crippen molar-refractivity contribution in [2.75, 3.05) is 13.1 Å². The maximum absolute atomic E-state index is 12.6. The van der Waals surface area contributed by atoms with Crippen molar-refractivity contribution < 1.29 is 13.2 Å². The summed E-state index contributed by atoms with van der Waals surface area (Å²) in [5.41, 5.74) is -0.543. The summed E-state index contributed by atoms with van der Waals surface area (Å²) in [4.78, 5) is 22.0. The van der Waals surface area contributed by atoms with Gasteiger partial charge in [-0.25, -0.2) is 9.97 Å². The number of rotatable bonds is 5. The third-order valence-electron chi connectivity index (χ3n) is 5.40. The molecule has 146 valence electrons. The van der Waals surface area contributed by atoms with Gasteiger partial charge in [0.25, 0.3) is 5.56 Å². The summed E-state index contributed by atoms with van der Waals surface area (Å²) in [6.07, 6.45) is 4.53. The fourth-order valence-corrected chi connectivity index (χ4v) is 3.69. The molecule has 3 heterocycles. The largest absolute Gasteiger partial charge is 0.433 e. The van der Waals surface area contributed by atoms with Crippen LogP contribution in [0.1, 0.15) is 43.1 Å². The number of alkyl halides is 3. The molecule has 2 aliphatic rings. The molecule has 1 saturated carbocycles. The lowest BCUT2D eigenvalue weighted by Crippen LogP contribution is -2.36. The zero-order valence-corrected chi connectivity index (χ0v) is 14.9. The predicted octanol–water partition coefficient (Wildman–Crippen LogP) is 2.71. The van der Waals surface area contributed by atoms with Gasteiger partial charge in [0.1, 0.15) is 0 Å². The Morgan fingerprint density at radius 1 is 1.11 bits per heavy atom. The van der Waals surface area contributed by atoms with E-state index in [1.807, 2.05) is 12.5 Å². The van der Waals surface area contributed by atoms with Gasteiger partial charge in [-0.05, 0) is 44.7 Å². The van der Waals surface area contributed by atoms with Crippen molar-refractivity contribution in [1.29, 1.82) is 0 Å². The van der Waals surface area contributed by atoms with Gasteiger partial charge in [0, 0.05) is 31.4 Å². The molecule has 1 aliphatic heterocycles. The molecule has 2 fully saturated rings. The highest BCUT2D eigenvalue weighted by atomic mass is 19.4. The van der Waals surface area contributed by atoms with E-state index < -0.39 is 17.4 Å². The Bertz CT molecular complexity index is 847. The molecule has 1 saturated heterocycles. The van der Waals surface area contributed by atoms with Crippen LogP contribution in [-0.2, 0) is 19.3 Å². The first-order chi connectivity index (χ1) is 12.9. The van der Waals surface area contributed by atoms with Crippen LogP contribution < -0.4 is 5.56 Å². The van der Waals surface area contributed by atoms with Gasteiger partial charge in [0.15, 0.2) is 5.69 Å². The van der Waals surface area contributed by atoms with Crippen molar-refractivity contribution in [3.05, 3.63) is 46.7 Å². The summed E-state index contributed by atoms with van der Waals surface area (Å²) >= 11 is 0. The van der Waals surface area contributed by atoms with Gasteiger partial charge in [-0.1, -0.05) is 0 Å². The minimum atomic E-state index is -4.59. The molecule has 0 amide bonds. The maximum atomic E-state index is 12.6. The van der Waals surface area contributed by atoms with E-state index in [-0.39, 0.29) is 5.92 Å². The monoisotopic (exact) mass is 381 g/mol. The highest BCUT2D eigenvalue weighted by molar-refractivity contribution is 5.05. The van der Waals surface area contributed by atoms with Crippen LogP contribution in [0.2, 0.25) is 0 Å². The van der Waals surface area contributed by atoms with E-state index in [1.165, 1.54) is 23.1 Å². The zero-order valence-electron chi connectivity index (χ0n) is 14.9. The van der Waals surface area contributed by atoms with Crippen LogP contribution in [0.3, 0.4) is 0 Å².